The molecule has 3 rings (SSSR count). The van der Waals surface area contributed by atoms with Crippen LogP contribution >= 0.6 is 11.6 Å². The van der Waals surface area contributed by atoms with Crippen molar-refractivity contribution in [3.63, 3.8) is 0 Å². The summed E-state index contributed by atoms with van der Waals surface area (Å²) in [5, 5.41) is 2.58. The molecule has 0 bridgehead atoms. The first-order valence-electron chi connectivity index (χ1n) is 8.40. The molecule has 0 amide bonds. The van der Waals surface area contributed by atoms with Crippen LogP contribution in [0.25, 0.3) is 0 Å². The molecule has 1 aromatic carbocycles. The third kappa shape index (κ3) is 4.59. The summed E-state index contributed by atoms with van der Waals surface area (Å²) in [6.07, 6.45) is -2.13. The van der Waals surface area contributed by atoms with Crippen LogP contribution in [0.15, 0.2) is 30.3 Å². The lowest BCUT2D eigenvalue weighted by Crippen LogP contribution is -2.18. The van der Waals surface area contributed by atoms with Crippen LogP contribution < -0.4 is 11.1 Å². The van der Waals surface area contributed by atoms with Crippen LogP contribution in [0.4, 0.5) is 24.5 Å². The highest BCUT2D eigenvalue weighted by Crippen LogP contribution is 2.34. The average molecular weight is 385 g/mol. The zero-order valence-electron chi connectivity index (χ0n) is 14.1. The van der Waals surface area contributed by atoms with Gasteiger partial charge in [0.05, 0.1) is 11.4 Å². The number of benzene rings is 1. The fourth-order valence-corrected chi connectivity index (χ4v) is 3.24. The Labute approximate surface area is 155 Å². The minimum atomic E-state index is -4.58. The van der Waals surface area contributed by atoms with Gasteiger partial charge in [0.15, 0.2) is 5.15 Å². The summed E-state index contributed by atoms with van der Waals surface area (Å²) in [5.74, 6) is 0. The van der Waals surface area contributed by atoms with Crippen LogP contribution in [-0.2, 0) is 19.3 Å². The zero-order chi connectivity index (χ0) is 18.7. The number of pyridine rings is 1. The van der Waals surface area contributed by atoms with Gasteiger partial charge in [0.2, 0.25) is 0 Å². The van der Waals surface area contributed by atoms with Gasteiger partial charge in [0, 0.05) is 13.1 Å². The predicted octanol–water partition coefficient (Wildman–Crippen LogP) is 4.54. The number of hydrogen-bond acceptors (Lipinski definition) is 4. The Bertz CT molecular complexity index is 774. The molecule has 1 saturated heterocycles. The second-order valence-electron chi connectivity index (χ2n) is 6.41. The van der Waals surface area contributed by atoms with Crippen molar-refractivity contribution in [2.45, 2.75) is 32.1 Å². The quantitative estimate of drug-likeness (QED) is 0.743. The maximum Gasteiger partial charge on any atom is 0.433 e. The standard InChI is InChI=1S/C18H20ClF3N4/c19-17-16(23)14(9-15(25-17)18(20,21)22)24-10-12-4-3-5-13(8-12)11-26-6-1-2-7-26/h3-5,8-9H,1-2,6-7,10-11,23H2,(H,24,25). The lowest BCUT2D eigenvalue weighted by atomic mass is 10.1. The summed E-state index contributed by atoms with van der Waals surface area (Å²) in [5.41, 5.74) is 6.98. The number of rotatable bonds is 5. The van der Waals surface area contributed by atoms with Crippen molar-refractivity contribution in [2.24, 2.45) is 0 Å². The number of nitrogens with one attached hydrogen (secondary N) is 1. The van der Waals surface area contributed by atoms with E-state index < -0.39 is 11.9 Å². The van der Waals surface area contributed by atoms with Gasteiger partial charge in [-0.3, -0.25) is 4.90 Å². The molecule has 1 aromatic heterocycles. The first kappa shape index (κ1) is 18.8. The fourth-order valence-electron chi connectivity index (χ4n) is 3.05. The molecule has 1 aliphatic heterocycles. The van der Waals surface area contributed by atoms with Crippen LogP contribution in [0, 0.1) is 0 Å². The molecule has 0 radical (unpaired) electrons. The molecule has 1 fully saturated rings. The summed E-state index contributed by atoms with van der Waals surface area (Å²) in [6.45, 7) is 3.44. The molecule has 2 heterocycles. The highest BCUT2D eigenvalue weighted by Gasteiger charge is 2.34. The van der Waals surface area contributed by atoms with Crippen molar-refractivity contribution in [1.29, 1.82) is 0 Å². The Balaban J connectivity index is 1.71. The van der Waals surface area contributed by atoms with Crippen molar-refractivity contribution in [1.82, 2.24) is 9.88 Å². The predicted molar refractivity (Wildman–Crippen MR) is 96.9 cm³/mol. The van der Waals surface area contributed by atoms with E-state index in [0.717, 1.165) is 31.3 Å². The number of likely N-dealkylation sites (tertiary alicyclic amines) is 1. The summed E-state index contributed by atoms with van der Waals surface area (Å²) in [6, 6.07) is 8.86. The van der Waals surface area contributed by atoms with Crippen LogP contribution in [0.5, 0.6) is 0 Å². The molecule has 0 spiro atoms. The lowest BCUT2D eigenvalue weighted by molar-refractivity contribution is -0.141. The van der Waals surface area contributed by atoms with Crippen LogP contribution in [0.2, 0.25) is 5.15 Å². The zero-order valence-corrected chi connectivity index (χ0v) is 14.9. The monoisotopic (exact) mass is 384 g/mol. The number of alkyl halides is 3. The van der Waals surface area contributed by atoms with Gasteiger partial charge in [0.1, 0.15) is 5.69 Å². The SMILES string of the molecule is Nc1c(NCc2cccc(CN3CCCC3)c2)cc(C(F)(F)F)nc1Cl. The van der Waals surface area contributed by atoms with Crippen molar-refractivity contribution < 1.29 is 13.2 Å². The molecule has 2 aromatic rings. The van der Waals surface area contributed by atoms with E-state index >= 15 is 0 Å². The van der Waals surface area contributed by atoms with E-state index in [-0.39, 0.29) is 16.5 Å². The van der Waals surface area contributed by atoms with Gasteiger partial charge in [-0.25, -0.2) is 4.98 Å². The minimum Gasteiger partial charge on any atom is -0.395 e. The normalized spacial score (nSPS) is 15.4. The molecule has 0 unspecified atom stereocenters. The van der Waals surface area contributed by atoms with Crippen molar-refractivity contribution in [3.8, 4) is 0 Å². The molecule has 26 heavy (non-hydrogen) atoms. The van der Waals surface area contributed by atoms with Crippen LogP contribution in [-0.4, -0.2) is 23.0 Å². The van der Waals surface area contributed by atoms with Crippen LogP contribution in [0.1, 0.15) is 29.7 Å². The Kier molecular flexibility index (Phi) is 5.58. The summed E-state index contributed by atoms with van der Waals surface area (Å²) in [4.78, 5) is 5.69. The average Bonchev–Trinajstić information content (AvgIpc) is 3.08. The molecule has 0 aliphatic carbocycles. The van der Waals surface area contributed by atoms with E-state index in [1.807, 2.05) is 12.1 Å². The third-order valence-electron chi connectivity index (χ3n) is 4.38. The van der Waals surface area contributed by atoms with Crippen molar-refractivity contribution >= 4 is 23.0 Å². The molecule has 3 N–H and O–H groups in total. The number of hydrogen-bond donors (Lipinski definition) is 2. The summed E-state index contributed by atoms with van der Waals surface area (Å²) in [7, 11) is 0. The number of nitrogens with zero attached hydrogens (tertiary/aromatic N) is 2. The van der Waals surface area contributed by atoms with Crippen LogP contribution in [0.3, 0.4) is 0 Å². The topological polar surface area (TPSA) is 54.2 Å². The van der Waals surface area contributed by atoms with Gasteiger partial charge >= 0.3 is 6.18 Å². The Morgan fingerprint density at radius 1 is 1.15 bits per heavy atom. The van der Waals surface area contributed by atoms with E-state index in [9.17, 15) is 13.2 Å². The molecule has 0 saturated carbocycles. The lowest BCUT2D eigenvalue weighted by Gasteiger charge is -2.16. The van der Waals surface area contributed by atoms with Gasteiger partial charge in [-0.2, -0.15) is 13.2 Å². The van der Waals surface area contributed by atoms with Crippen molar-refractivity contribution in [3.05, 3.63) is 52.3 Å². The Morgan fingerprint density at radius 3 is 2.54 bits per heavy atom. The first-order valence-corrected chi connectivity index (χ1v) is 8.78. The highest BCUT2D eigenvalue weighted by molar-refractivity contribution is 6.32. The summed E-state index contributed by atoms with van der Waals surface area (Å²) >= 11 is 5.75. The number of nitrogen functional groups attached to an aromatic ring is 1. The maximum absolute atomic E-state index is 12.9. The van der Waals surface area contributed by atoms with E-state index in [4.69, 9.17) is 17.3 Å². The van der Waals surface area contributed by atoms with Gasteiger partial charge in [0.25, 0.3) is 0 Å². The maximum atomic E-state index is 12.9. The number of aromatic nitrogens is 1. The Hall–Kier alpha value is -1.99. The summed E-state index contributed by atoms with van der Waals surface area (Å²) < 4.78 is 38.7. The second-order valence-corrected chi connectivity index (χ2v) is 6.77. The Morgan fingerprint density at radius 2 is 1.85 bits per heavy atom. The molecular weight excluding hydrogens is 365 g/mol. The number of nitrogens with two attached hydrogens (primary N) is 1. The first-order chi connectivity index (χ1) is 12.3. The van der Waals surface area contributed by atoms with Gasteiger partial charge < -0.3 is 11.1 Å². The fraction of sp³-hybridized carbons (Fsp3) is 0.389. The molecule has 1 aliphatic rings. The van der Waals surface area contributed by atoms with Gasteiger partial charge in [-0.05, 0) is 43.1 Å². The molecule has 4 nitrogen and oxygen atoms in total. The smallest absolute Gasteiger partial charge is 0.395 e. The van der Waals surface area contributed by atoms with Crippen molar-refractivity contribution in [2.75, 3.05) is 24.1 Å². The molecule has 0 atom stereocenters. The molecular formula is C18H20ClF3N4. The number of halogens is 4. The van der Waals surface area contributed by atoms with E-state index in [1.54, 1.807) is 0 Å². The van der Waals surface area contributed by atoms with Gasteiger partial charge in [-0.1, -0.05) is 35.9 Å². The largest absolute Gasteiger partial charge is 0.433 e. The van der Waals surface area contributed by atoms with E-state index in [2.05, 4.69) is 27.3 Å². The molecule has 8 heteroatoms. The van der Waals surface area contributed by atoms with E-state index in [1.165, 1.54) is 18.4 Å². The third-order valence-corrected chi connectivity index (χ3v) is 4.67. The molecule has 140 valence electrons. The highest BCUT2D eigenvalue weighted by atomic mass is 35.5. The van der Waals surface area contributed by atoms with Gasteiger partial charge in [-0.15, -0.1) is 0 Å². The van der Waals surface area contributed by atoms with E-state index in [0.29, 0.717) is 6.54 Å². The number of anilines is 2. The minimum absolute atomic E-state index is 0.00730. The second kappa shape index (κ2) is 7.72.